The number of benzene rings is 1. The Hall–Kier alpha value is -1.20. The summed E-state index contributed by atoms with van der Waals surface area (Å²) in [5.41, 5.74) is 0.592. The third kappa shape index (κ3) is 2.40. The summed E-state index contributed by atoms with van der Waals surface area (Å²) in [6, 6.07) is 5.97. The fourth-order valence-corrected chi connectivity index (χ4v) is 2.00. The standard InChI is InChI=1S/C12H10BrF2NO/c13-10-3-4-11(14)9(12(10)15)6-16-5-1-2-8(16)7-17/h1-5,17H,6-7H2. The highest BCUT2D eigenvalue weighted by atomic mass is 79.9. The van der Waals surface area contributed by atoms with E-state index in [1.165, 1.54) is 12.1 Å². The number of nitrogens with zero attached hydrogens (tertiary/aromatic N) is 1. The number of halogens is 3. The predicted molar refractivity (Wildman–Crippen MR) is 63.5 cm³/mol. The molecule has 0 atom stereocenters. The molecule has 0 saturated heterocycles. The third-order valence-electron chi connectivity index (χ3n) is 2.55. The Morgan fingerprint density at radius 1 is 1.24 bits per heavy atom. The van der Waals surface area contributed by atoms with Crippen molar-refractivity contribution in [3.63, 3.8) is 0 Å². The fraction of sp³-hybridized carbons (Fsp3) is 0.167. The molecule has 5 heteroatoms. The summed E-state index contributed by atoms with van der Waals surface area (Å²) in [6.07, 6.45) is 1.67. The largest absolute Gasteiger partial charge is 0.390 e. The molecule has 0 aliphatic rings. The second-order valence-corrected chi connectivity index (χ2v) is 4.46. The maximum absolute atomic E-state index is 13.7. The lowest BCUT2D eigenvalue weighted by atomic mass is 10.2. The van der Waals surface area contributed by atoms with E-state index in [1.54, 1.807) is 22.9 Å². The number of hydrogen-bond donors (Lipinski definition) is 1. The molecule has 2 nitrogen and oxygen atoms in total. The Morgan fingerprint density at radius 3 is 2.71 bits per heavy atom. The maximum atomic E-state index is 13.7. The van der Waals surface area contributed by atoms with Crippen LogP contribution in [0.3, 0.4) is 0 Å². The quantitative estimate of drug-likeness (QED) is 0.866. The first-order valence-electron chi connectivity index (χ1n) is 5.00. The van der Waals surface area contributed by atoms with Crippen molar-refractivity contribution in [2.45, 2.75) is 13.2 Å². The molecule has 0 saturated carbocycles. The van der Waals surface area contributed by atoms with Crippen LogP contribution in [-0.4, -0.2) is 9.67 Å². The Morgan fingerprint density at radius 2 is 2.00 bits per heavy atom. The Kier molecular flexibility index (Phi) is 3.59. The fourth-order valence-electron chi connectivity index (χ4n) is 1.63. The molecule has 1 aromatic carbocycles. The zero-order valence-electron chi connectivity index (χ0n) is 8.83. The van der Waals surface area contributed by atoms with Gasteiger partial charge < -0.3 is 9.67 Å². The zero-order valence-corrected chi connectivity index (χ0v) is 10.4. The molecule has 0 spiro atoms. The summed E-state index contributed by atoms with van der Waals surface area (Å²) in [6.45, 7) is -0.107. The minimum absolute atomic E-state index is 0.0229. The molecular weight excluding hydrogens is 292 g/mol. The molecule has 17 heavy (non-hydrogen) atoms. The average Bonchev–Trinajstić information content (AvgIpc) is 2.77. The van der Waals surface area contributed by atoms with E-state index in [-0.39, 0.29) is 23.2 Å². The van der Waals surface area contributed by atoms with Crippen LogP contribution < -0.4 is 0 Å². The second-order valence-electron chi connectivity index (χ2n) is 3.61. The predicted octanol–water partition coefficient (Wildman–Crippen LogP) is 3.07. The molecule has 0 aliphatic carbocycles. The number of aliphatic hydroxyl groups is 1. The molecule has 0 bridgehead atoms. The van der Waals surface area contributed by atoms with E-state index >= 15 is 0 Å². The van der Waals surface area contributed by atoms with E-state index in [9.17, 15) is 8.78 Å². The van der Waals surface area contributed by atoms with Crippen LogP contribution in [0, 0.1) is 11.6 Å². The Bertz CT molecular complexity index is 539. The van der Waals surface area contributed by atoms with Gasteiger partial charge in [-0.1, -0.05) is 0 Å². The van der Waals surface area contributed by atoms with Gasteiger partial charge in [-0.2, -0.15) is 0 Å². The van der Waals surface area contributed by atoms with E-state index < -0.39 is 11.6 Å². The molecule has 1 N–H and O–H groups in total. The SMILES string of the molecule is OCc1cccn1Cc1c(F)ccc(Br)c1F. The lowest BCUT2D eigenvalue weighted by Gasteiger charge is -2.10. The first kappa shape index (κ1) is 12.3. The third-order valence-corrected chi connectivity index (χ3v) is 3.17. The van der Waals surface area contributed by atoms with Gasteiger partial charge in [-0.25, -0.2) is 8.78 Å². The highest BCUT2D eigenvalue weighted by molar-refractivity contribution is 9.10. The summed E-state index contributed by atoms with van der Waals surface area (Å²) in [7, 11) is 0. The minimum Gasteiger partial charge on any atom is -0.390 e. The van der Waals surface area contributed by atoms with Crippen molar-refractivity contribution in [1.82, 2.24) is 4.57 Å². The van der Waals surface area contributed by atoms with Crippen LogP contribution in [0.15, 0.2) is 34.9 Å². The summed E-state index contributed by atoms with van der Waals surface area (Å²) in [5, 5.41) is 9.06. The Balaban J connectivity index is 2.39. The first-order chi connectivity index (χ1) is 8.13. The Labute approximate surface area is 106 Å². The zero-order chi connectivity index (χ0) is 12.4. The molecule has 0 amide bonds. The van der Waals surface area contributed by atoms with Gasteiger partial charge in [0.05, 0.1) is 17.6 Å². The van der Waals surface area contributed by atoms with Crippen LogP contribution in [0.4, 0.5) is 8.78 Å². The summed E-state index contributed by atoms with van der Waals surface area (Å²) in [5.74, 6) is -1.20. The highest BCUT2D eigenvalue weighted by Gasteiger charge is 2.13. The molecule has 1 aromatic heterocycles. The van der Waals surface area contributed by atoms with Gasteiger partial charge in [0, 0.05) is 17.5 Å². The number of hydrogen-bond acceptors (Lipinski definition) is 1. The average molecular weight is 302 g/mol. The second kappa shape index (κ2) is 4.98. The molecule has 2 aromatic rings. The van der Waals surface area contributed by atoms with Crippen LogP contribution >= 0.6 is 15.9 Å². The van der Waals surface area contributed by atoms with Gasteiger partial charge in [0.2, 0.25) is 0 Å². The topological polar surface area (TPSA) is 25.2 Å². The molecule has 2 rings (SSSR count). The van der Waals surface area contributed by atoms with Crippen LogP contribution in [0.25, 0.3) is 0 Å². The van der Waals surface area contributed by atoms with Crippen molar-refractivity contribution in [2.75, 3.05) is 0 Å². The van der Waals surface area contributed by atoms with Crippen molar-refractivity contribution in [2.24, 2.45) is 0 Å². The maximum Gasteiger partial charge on any atom is 0.145 e. The molecule has 0 radical (unpaired) electrons. The molecule has 1 heterocycles. The van der Waals surface area contributed by atoms with E-state index in [1.807, 2.05) is 0 Å². The molecule has 0 unspecified atom stereocenters. The van der Waals surface area contributed by atoms with Crippen LogP contribution in [-0.2, 0) is 13.2 Å². The van der Waals surface area contributed by atoms with Crippen LogP contribution in [0.1, 0.15) is 11.3 Å². The van der Waals surface area contributed by atoms with E-state index in [2.05, 4.69) is 15.9 Å². The summed E-state index contributed by atoms with van der Waals surface area (Å²) < 4.78 is 29.1. The van der Waals surface area contributed by atoms with Crippen LogP contribution in [0.2, 0.25) is 0 Å². The van der Waals surface area contributed by atoms with Gasteiger partial charge in [0.15, 0.2) is 0 Å². The summed E-state index contributed by atoms with van der Waals surface area (Å²) >= 11 is 3.02. The van der Waals surface area contributed by atoms with Crippen molar-refractivity contribution in [3.8, 4) is 0 Å². The van der Waals surface area contributed by atoms with Crippen molar-refractivity contribution in [1.29, 1.82) is 0 Å². The minimum atomic E-state index is -0.609. The molecular formula is C12H10BrF2NO. The molecule has 0 aliphatic heterocycles. The number of aromatic nitrogens is 1. The summed E-state index contributed by atoms with van der Waals surface area (Å²) in [4.78, 5) is 0. The van der Waals surface area contributed by atoms with Crippen molar-refractivity contribution < 1.29 is 13.9 Å². The van der Waals surface area contributed by atoms with Gasteiger partial charge in [-0.05, 0) is 40.2 Å². The normalized spacial score (nSPS) is 10.8. The molecule has 0 fully saturated rings. The van der Waals surface area contributed by atoms with E-state index in [4.69, 9.17) is 5.11 Å². The smallest absolute Gasteiger partial charge is 0.145 e. The van der Waals surface area contributed by atoms with E-state index in [0.717, 1.165) is 0 Å². The first-order valence-corrected chi connectivity index (χ1v) is 5.80. The van der Waals surface area contributed by atoms with E-state index in [0.29, 0.717) is 5.69 Å². The van der Waals surface area contributed by atoms with Gasteiger partial charge in [-0.15, -0.1) is 0 Å². The molecule has 90 valence electrons. The van der Waals surface area contributed by atoms with Crippen LogP contribution in [0.5, 0.6) is 0 Å². The van der Waals surface area contributed by atoms with Gasteiger partial charge in [-0.3, -0.25) is 0 Å². The lowest BCUT2D eigenvalue weighted by Crippen LogP contribution is -2.07. The van der Waals surface area contributed by atoms with Crippen molar-refractivity contribution in [3.05, 3.63) is 57.8 Å². The van der Waals surface area contributed by atoms with Gasteiger partial charge in [0.1, 0.15) is 11.6 Å². The number of rotatable bonds is 3. The monoisotopic (exact) mass is 301 g/mol. The van der Waals surface area contributed by atoms with Gasteiger partial charge in [0.25, 0.3) is 0 Å². The highest BCUT2D eigenvalue weighted by Crippen LogP contribution is 2.22. The number of aliphatic hydroxyl groups excluding tert-OH is 1. The van der Waals surface area contributed by atoms with Gasteiger partial charge >= 0.3 is 0 Å². The lowest BCUT2D eigenvalue weighted by molar-refractivity contribution is 0.271. The van der Waals surface area contributed by atoms with Crippen molar-refractivity contribution >= 4 is 15.9 Å².